The Bertz CT molecular complexity index is 382. The second kappa shape index (κ2) is 6.02. The van der Waals surface area contributed by atoms with Crippen molar-refractivity contribution in [3.05, 3.63) is 29.3 Å². The van der Waals surface area contributed by atoms with E-state index in [9.17, 15) is 0 Å². The molecule has 16 heavy (non-hydrogen) atoms. The van der Waals surface area contributed by atoms with Crippen molar-refractivity contribution in [2.45, 2.75) is 20.3 Å². The first-order valence-corrected chi connectivity index (χ1v) is 5.50. The molecule has 0 aliphatic rings. The van der Waals surface area contributed by atoms with Gasteiger partial charge >= 0.3 is 0 Å². The number of benzene rings is 1. The second-order valence-electron chi connectivity index (χ2n) is 3.80. The van der Waals surface area contributed by atoms with E-state index in [0.717, 1.165) is 24.3 Å². The Hall–Kier alpha value is -1.69. The molecule has 1 aromatic carbocycles. The van der Waals surface area contributed by atoms with Crippen molar-refractivity contribution < 1.29 is 4.74 Å². The molecule has 0 fully saturated rings. The maximum Gasteiger partial charge on any atom is 0.179 e. The van der Waals surface area contributed by atoms with Gasteiger partial charge in [-0.15, -0.1) is 0 Å². The fourth-order valence-corrected chi connectivity index (χ4v) is 1.53. The first-order chi connectivity index (χ1) is 7.67. The summed E-state index contributed by atoms with van der Waals surface area (Å²) in [5.74, 6) is 0.944. The first kappa shape index (κ1) is 12.4. The van der Waals surface area contributed by atoms with Crippen molar-refractivity contribution in [2.24, 2.45) is 0 Å². The standard InChI is InChI=1S/C13H18N2O/c1-4-16-13-6-5-12(9-11(13)2)7-8-15(3)10-14/h5-6,9H,4,7-8H2,1-3H3. The van der Waals surface area contributed by atoms with E-state index in [4.69, 9.17) is 10.00 Å². The van der Waals surface area contributed by atoms with E-state index in [1.54, 1.807) is 11.9 Å². The molecule has 0 heterocycles. The zero-order valence-electron chi connectivity index (χ0n) is 10.2. The van der Waals surface area contributed by atoms with E-state index in [0.29, 0.717) is 6.61 Å². The molecule has 86 valence electrons. The number of nitriles is 1. The molecule has 0 aromatic heterocycles. The minimum atomic E-state index is 0.692. The average Bonchev–Trinajstić information content (AvgIpc) is 2.29. The summed E-state index contributed by atoms with van der Waals surface area (Å²) in [4.78, 5) is 1.63. The Morgan fingerprint density at radius 1 is 1.44 bits per heavy atom. The van der Waals surface area contributed by atoms with Crippen LogP contribution in [-0.4, -0.2) is 25.1 Å². The summed E-state index contributed by atoms with van der Waals surface area (Å²) in [6, 6.07) is 6.18. The molecule has 0 aliphatic heterocycles. The van der Waals surface area contributed by atoms with E-state index in [2.05, 4.69) is 18.3 Å². The van der Waals surface area contributed by atoms with Crippen LogP contribution in [0.25, 0.3) is 0 Å². The molecule has 0 N–H and O–H groups in total. The third-order valence-corrected chi connectivity index (χ3v) is 2.45. The van der Waals surface area contributed by atoms with Crippen LogP contribution >= 0.6 is 0 Å². The summed E-state index contributed by atoms with van der Waals surface area (Å²) in [5, 5.41) is 8.64. The van der Waals surface area contributed by atoms with Crippen molar-refractivity contribution >= 4 is 0 Å². The zero-order chi connectivity index (χ0) is 12.0. The third-order valence-electron chi connectivity index (χ3n) is 2.45. The molecule has 0 saturated heterocycles. The predicted molar refractivity (Wildman–Crippen MR) is 64.3 cm³/mol. The topological polar surface area (TPSA) is 36.3 Å². The van der Waals surface area contributed by atoms with Crippen LogP contribution in [0.5, 0.6) is 5.75 Å². The molecular formula is C13H18N2O. The van der Waals surface area contributed by atoms with Crippen LogP contribution in [0, 0.1) is 18.4 Å². The van der Waals surface area contributed by atoms with Gasteiger partial charge in [-0.05, 0) is 37.5 Å². The van der Waals surface area contributed by atoms with E-state index in [1.807, 2.05) is 19.9 Å². The van der Waals surface area contributed by atoms with Gasteiger partial charge in [-0.25, -0.2) is 0 Å². The number of nitrogens with zero attached hydrogens (tertiary/aromatic N) is 2. The monoisotopic (exact) mass is 218 g/mol. The SMILES string of the molecule is CCOc1ccc(CCN(C)C#N)cc1C. The first-order valence-electron chi connectivity index (χ1n) is 5.50. The van der Waals surface area contributed by atoms with Gasteiger partial charge in [-0.1, -0.05) is 12.1 Å². The summed E-state index contributed by atoms with van der Waals surface area (Å²) >= 11 is 0. The highest BCUT2D eigenvalue weighted by Gasteiger charge is 2.01. The molecule has 0 atom stereocenters. The van der Waals surface area contributed by atoms with Crippen molar-refractivity contribution in [3.63, 3.8) is 0 Å². The van der Waals surface area contributed by atoms with Crippen LogP contribution in [0.4, 0.5) is 0 Å². The van der Waals surface area contributed by atoms with Gasteiger partial charge in [0, 0.05) is 13.6 Å². The average molecular weight is 218 g/mol. The second-order valence-corrected chi connectivity index (χ2v) is 3.80. The zero-order valence-corrected chi connectivity index (χ0v) is 10.2. The number of hydrogen-bond acceptors (Lipinski definition) is 3. The highest BCUT2D eigenvalue weighted by molar-refractivity contribution is 5.36. The molecule has 0 aliphatic carbocycles. The maximum atomic E-state index is 8.64. The molecule has 0 amide bonds. The van der Waals surface area contributed by atoms with Gasteiger partial charge in [0.25, 0.3) is 0 Å². The van der Waals surface area contributed by atoms with Crippen molar-refractivity contribution in [3.8, 4) is 11.9 Å². The summed E-state index contributed by atoms with van der Waals surface area (Å²) in [7, 11) is 1.79. The van der Waals surface area contributed by atoms with E-state index in [-0.39, 0.29) is 0 Å². The van der Waals surface area contributed by atoms with Crippen LogP contribution in [-0.2, 0) is 6.42 Å². The third kappa shape index (κ3) is 3.47. The van der Waals surface area contributed by atoms with Gasteiger partial charge in [0.05, 0.1) is 6.61 Å². The number of aryl methyl sites for hydroxylation is 1. The Balaban J connectivity index is 2.63. The molecule has 0 saturated carbocycles. The van der Waals surface area contributed by atoms with Crippen LogP contribution in [0.1, 0.15) is 18.1 Å². The Morgan fingerprint density at radius 3 is 2.75 bits per heavy atom. The number of ether oxygens (including phenoxy) is 1. The van der Waals surface area contributed by atoms with Crippen LogP contribution in [0.3, 0.4) is 0 Å². The van der Waals surface area contributed by atoms with Gasteiger partial charge in [0.15, 0.2) is 6.19 Å². The van der Waals surface area contributed by atoms with Gasteiger partial charge in [-0.3, -0.25) is 0 Å². The molecular weight excluding hydrogens is 200 g/mol. The number of hydrogen-bond donors (Lipinski definition) is 0. The smallest absolute Gasteiger partial charge is 0.179 e. The molecule has 0 radical (unpaired) electrons. The largest absolute Gasteiger partial charge is 0.494 e. The summed E-state index contributed by atoms with van der Waals surface area (Å²) in [6.45, 7) is 5.47. The Morgan fingerprint density at radius 2 is 2.19 bits per heavy atom. The normalized spacial score (nSPS) is 9.62. The van der Waals surface area contributed by atoms with Crippen molar-refractivity contribution in [1.82, 2.24) is 4.90 Å². The predicted octanol–water partition coefficient (Wildman–Crippen LogP) is 2.35. The maximum absolute atomic E-state index is 8.64. The lowest BCUT2D eigenvalue weighted by Gasteiger charge is -2.11. The van der Waals surface area contributed by atoms with Gasteiger partial charge in [0.1, 0.15) is 5.75 Å². The minimum Gasteiger partial charge on any atom is -0.494 e. The quantitative estimate of drug-likeness (QED) is 0.562. The lowest BCUT2D eigenvalue weighted by molar-refractivity contribution is 0.337. The van der Waals surface area contributed by atoms with Crippen LogP contribution in [0.15, 0.2) is 18.2 Å². The van der Waals surface area contributed by atoms with Gasteiger partial charge < -0.3 is 9.64 Å². The molecule has 0 unspecified atom stereocenters. The molecule has 0 bridgehead atoms. The highest BCUT2D eigenvalue weighted by atomic mass is 16.5. The highest BCUT2D eigenvalue weighted by Crippen LogP contribution is 2.19. The van der Waals surface area contributed by atoms with E-state index in [1.165, 1.54) is 5.56 Å². The summed E-state index contributed by atoms with van der Waals surface area (Å²) in [6.07, 6.45) is 2.98. The summed E-state index contributed by atoms with van der Waals surface area (Å²) < 4.78 is 5.48. The molecule has 1 aromatic rings. The Labute approximate surface area is 97.3 Å². The minimum absolute atomic E-state index is 0.692. The lowest BCUT2D eigenvalue weighted by Crippen LogP contribution is -2.14. The number of likely N-dealkylation sites (N-methyl/N-ethyl adjacent to an activating group) is 1. The number of rotatable bonds is 5. The van der Waals surface area contributed by atoms with E-state index < -0.39 is 0 Å². The fourth-order valence-electron chi connectivity index (χ4n) is 1.53. The molecule has 3 heteroatoms. The van der Waals surface area contributed by atoms with E-state index >= 15 is 0 Å². The van der Waals surface area contributed by atoms with Crippen molar-refractivity contribution in [1.29, 1.82) is 5.26 Å². The summed E-state index contributed by atoms with van der Waals surface area (Å²) in [5.41, 5.74) is 2.39. The Kier molecular flexibility index (Phi) is 4.65. The molecule has 3 nitrogen and oxygen atoms in total. The lowest BCUT2D eigenvalue weighted by atomic mass is 10.1. The van der Waals surface area contributed by atoms with Crippen LogP contribution < -0.4 is 4.74 Å². The fraction of sp³-hybridized carbons (Fsp3) is 0.462. The van der Waals surface area contributed by atoms with Crippen LogP contribution in [0.2, 0.25) is 0 Å². The van der Waals surface area contributed by atoms with Gasteiger partial charge in [0.2, 0.25) is 0 Å². The molecule has 1 rings (SSSR count). The molecule has 0 spiro atoms. The van der Waals surface area contributed by atoms with Crippen molar-refractivity contribution in [2.75, 3.05) is 20.2 Å². The van der Waals surface area contributed by atoms with Gasteiger partial charge in [-0.2, -0.15) is 5.26 Å².